The minimum absolute atomic E-state index is 0. The van der Waals surface area contributed by atoms with E-state index in [1.54, 1.807) is 22.7 Å². The number of rotatable bonds is 5. The summed E-state index contributed by atoms with van der Waals surface area (Å²) in [4.78, 5) is 18.0. The largest absolute Gasteiger partial charge is 0.370 e. The molecule has 0 saturated carbocycles. The van der Waals surface area contributed by atoms with Gasteiger partial charge in [-0.3, -0.25) is 4.99 Å². The molecular formula is C16H25IN6S2. The lowest BCUT2D eigenvalue weighted by Gasteiger charge is -2.35. The molecule has 2 aromatic rings. The summed E-state index contributed by atoms with van der Waals surface area (Å²) in [6.07, 6.45) is 2.70. The van der Waals surface area contributed by atoms with E-state index in [0.29, 0.717) is 18.4 Å². The summed E-state index contributed by atoms with van der Waals surface area (Å²) in [7, 11) is 0. The number of hydrogen-bond donors (Lipinski definition) is 1. The molecule has 2 aromatic heterocycles. The van der Waals surface area contributed by atoms with Crippen molar-refractivity contribution in [3.63, 3.8) is 0 Å². The molecule has 0 aromatic carbocycles. The molecule has 1 saturated heterocycles. The summed E-state index contributed by atoms with van der Waals surface area (Å²) in [5.41, 5.74) is 7.28. The molecule has 0 spiro atoms. The van der Waals surface area contributed by atoms with Gasteiger partial charge in [0.2, 0.25) is 0 Å². The van der Waals surface area contributed by atoms with Gasteiger partial charge in [0.1, 0.15) is 0 Å². The Bertz CT molecular complexity index is 662. The number of nitrogens with zero attached hydrogens (tertiary/aromatic N) is 5. The zero-order valence-corrected chi connectivity index (χ0v) is 18.6. The number of thiazole rings is 2. The fraction of sp³-hybridized carbons (Fsp3) is 0.562. The third-order valence-electron chi connectivity index (χ3n) is 4.00. The van der Waals surface area contributed by atoms with Crippen molar-refractivity contribution in [2.75, 3.05) is 37.6 Å². The van der Waals surface area contributed by atoms with E-state index in [0.717, 1.165) is 43.4 Å². The number of aromatic nitrogens is 2. The zero-order chi connectivity index (χ0) is 16.9. The van der Waals surface area contributed by atoms with E-state index < -0.39 is 0 Å². The van der Waals surface area contributed by atoms with Crippen molar-refractivity contribution in [2.24, 2.45) is 10.7 Å². The lowest BCUT2D eigenvalue weighted by molar-refractivity contribution is 0.380. The molecule has 25 heavy (non-hydrogen) atoms. The molecule has 0 atom stereocenters. The van der Waals surface area contributed by atoms with Crippen molar-refractivity contribution >= 4 is 57.7 Å². The Morgan fingerprint density at radius 2 is 2.04 bits per heavy atom. The van der Waals surface area contributed by atoms with Gasteiger partial charge in [-0.1, -0.05) is 13.8 Å². The molecule has 0 unspecified atom stereocenters. The number of nitrogens with two attached hydrogens (primary N) is 1. The first-order chi connectivity index (χ1) is 11.6. The molecule has 1 aliphatic rings. The molecule has 138 valence electrons. The van der Waals surface area contributed by atoms with Crippen LogP contribution in [0.2, 0.25) is 0 Å². The topological polar surface area (TPSA) is 70.6 Å². The number of hydrogen-bond acceptors (Lipinski definition) is 6. The van der Waals surface area contributed by atoms with E-state index in [4.69, 9.17) is 5.73 Å². The second kappa shape index (κ2) is 9.67. The molecule has 3 rings (SSSR count). The van der Waals surface area contributed by atoms with Crippen molar-refractivity contribution in [1.29, 1.82) is 0 Å². The van der Waals surface area contributed by atoms with Crippen LogP contribution in [0.5, 0.6) is 0 Å². The molecule has 1 fully saturated rings. The van der Waals surface area contributed by atoms with Crippen LogP contribution < -0.4 is 10.6 Å². The molecule has 2 N–H and O–H groups in total. The van der Waals surface area contributed by atoms with Crippen LogP contribution in [-0.4, -0.2) is 53.6 Å². The minimum atomic E-state index is 0. The highest BCUT2D eigenvalue weighted by Gasteiger charge is 2.19. The van der Waals surface area contributed by atoms with Gasteiger partial charge in [-0.15, -0.1) is 46.7 Å². The standard InChI is InChI=1S/C16H24N6S2.HI/c1-12(2)14-20-13(11-24-14)3-4-18-15(17)21-6-8-22(9-7-21)16-19-5-10-23-16;/h5,10-12H,3-4,6-9H2,1-2H3,(H2,17,18);1H. The lowest BCUT2D eigenvalue weighted by Crippen LogP contribution is -2.51. The molecule has 9 heteroatoms. The van der Waals surface area contributed by atoms with Crippen LogP contribution in [0, 0.1) is 0 Å². The van der Waals surface area contributed by atoms with Gasteiger partial charge < -0.3 is 15.5 Å². The SMILES string of the molecule is CC(C)c1nc(CCN=C(N)N2CCN(c3nccs3)CC2)cs1.I. The van der Waals surface area contributed by atoms with Crippen LogP contribution in [0.15, 0.2) is 21.9 Å². The second-order valence-electron chi connectivity index (χ2n) is 6.11. The lowest BCUT2D eigenvalue weighted by atomic mass is 10.2. The van der Waals surface area contributed by atoms with Crippen molar-refractivity contribution < 1.29 is 0 Å². The average Bonchev–Trinajstić information content (AvgIpc) is 3.27. The van der Waals surface area contributed by atoms with Crippen molar-refractivity contribution in [3.8, 4) is 0 Å². The molecular weight excluding hydrogens is 467 g/mol. The normalized spacial score (nSPS) is 15.6. The van der Waals surface area contributed by atoms with Crippen molar-refractivity contribution in [2.45, 2.75) is 26.2 Å². The van der Waals surface area contributed by atoms with Gasteiger partial charge in [-0.05, 0) is 0 Å². The van der Waals surface area contributed by atoms with Gasteiger partial charge in [-0.2, -0.15) is 0 Å². The molecule has 3 heterocycles. The maximum absolute atomic E-state index is 6.16. The van der Waals surface area contributed by atoms with E-state index in [2.05, 4.69) is 44.0 Å². The Morgan fingerprint density at radius 3 is 2.64 bits per heavy atom. The highest BCUT2D eigenvalue weighted by Crippen LogP contribution is 2.20. The molecule has 0 bridgehead atoms. The second-order valence-corrected chi connectivity index (χ2v) is 7.87. The van der Waals surface area contributed by atoms with E-state index in [1.165, 1.54) is 5.01 Å². The number of halogens is 1. The Balaban J connectivity index is 0.00000225. The van der Waals surface area contributed by atoms with Crippen LogP contribution in [0.25, 0.3) is 0 Å². The summed E-state index contributed by atoms with van der Waals surface area (Å²) in [5, 5.41) is 6.43. The predicted octanol–water partition coefficient (Wildman–Crippen LogP) is 3.02. The van der Waals surface area contributed by atoms with E-state index in [-0.39, 0.29) is 24.0 Å². The Hall–Kier alpha value is -0.940. The van der Waals surface area contributed by atoms with Crippen LogP contribution in [0.4, 0.5) is 5.13 Å². The minimum Gasteiger partial charge on any atom is -0.370 e. The zero-order valence-electron chi connectivity index (χ0n) is 14.6. The molecule has 6 nitrogen and oxygen atoms in total. The van der Waals surface area contributed by atoms with Gasteiger partial charge in [0.05, 0.1) is 10.7 Å². The molecule has 0 radical (unpaired) electrons. The fourth-order valence-corrected chi connectivity index (χ4v) is 4.15. The quantitative estimate of drug-likeness (QED) is 0.395. The molecule has 1 aliphatic heterocycles. The first kappa shape index (κ1) is 20.4. The predicted molar refractivity (Wildman–Crippen MR) is 118 cm³/mol. The van der Waals surface area contributed by atoms with Gasteiger partial charge >= 0.3 is 0 Å². The Labute approximate surface area is 174 Å². The first-order valence-corrected chi connectivity index (χ1v) is 10.0. The van der Waals surface area contributed by atoms with Gasteiger partial charge in [0.15, 0.2) is 11.1 Å². The van der Waals surface area contributed by atoms with Crippen LogP contribution in [-0.2, 0) is 6.42 Å². The summed E-state index contributed by atoms with van der Waals surface area (Å²) < 4.78 is 0. The highest BCUT2D eigenvalue weighted by molar-refractivity contribution is 14.0. The molecule has 0 amide bonds. The monoisotopic (exact) mass is 492 g/mol. The van der Waals surface area contributed by atoms with Gasteiger partial charge in [0, 0.05) is 62.0 Å². The summed E-state index contributed by atoms with van der Waals surface area (Å²) in [6.45, 7) is 8.70. The van der Waals surface area contributed by atoms with E-state index >= 15 is 0 Å². The maximum Gasteiger partial charge on any atom is 0.191 e. The third-order valence-corrected chi connectivity index (χ3v) is 6.02. The number of aliphatic imine (C=N–C) groups is 1. The summed E-state index contributed by atoms with van der Waals surface area (Å²) in [6, 6.07) is 0. The van der Waals surface area contributed by atoms with Crippen LogP contribution >= 0.6 is 46.7 Å². The van der Waals surface area contributed by atoms with Crippen molar-refractivity contribution in [3.05, 3.63) is 27.7 Å². The van der Waals surface area contributed by atoms with Crippen LogP contribution in [0.1, 0.15) is 30.5 Å². The smallest absolute Gasteiger partial charge is 0.191 e. The summed E-state index contributed by atoms with van der Waals surface area (Å²) in [5.74, 6) is 1.14. The van der Waals surface area contributed by atoms with E-state index in [9.17, 15) is 0 Å². The van der Waals surface area contributed by atoms with E-state index in [1.807, 2.05) is 11.6 Å². The Morgan fingerprint density at radius 1 is 1.28 bits per heavy atom. The van der Waals surface area contributed by atoms with Crippen LogP contribution in [0.3, 0.4) is 0 Å². The Kier molecular flexibility index (Phi) is 7.88. The van der Waals surface area contributed by atoms with Gasteiger partial charge in [0.25, 0.3) is 0 Å². The maximum atomic E-state index is 6.16. The number of guanidine groups is 1. The number of piperazine rings is 1. The van der Waals surface area contributed by atoms with Gasteiger partial charge in [-0.25, -0.2) is 9.97 Å². The first-order valence-electron chi connectivity index (χ1n) is 8.27. The molecule has 0 aliphatic carbocycles. The summed E-state index contributed by atoms with van der Waals surface area (Å²) >= 11 is 3.42. The fourth-order valence-electron chi connectivity index (χ4n) is 2.59. The highest BCUT2D eigenvalue weighted by atomic mass is 127. The van der Waals surface area contributed by atoms with Crippen molar-refractivity contribution in [1.82, 2.24) is 14.9 Å². The average molecular weight is 492 g/mol. The third kappa shape index (κ3) is 5.52. The number of anilines is 1.